The summed E-state index contributed by atoms with van der Waals surface area (Å²) in [6.45, 7) is 0. The van der Waals surface area contributed by atoms with Crippen LogP contribution in [-0.2, 0) is 4.74 Å². The zero-order valence-electron chi connectivity index (χ0n) is 10.3. The van der Waals surface area contributed by atoms with Crippen molar-refractivity contribution in [2.45, 2.75) is 0 Å². The number of ether oxygens (including phenoxy) is 1. The van der Waals surface area contributed by atoms with E-state index in [4.69, 9.17) is 11.6 Å². The zero-order valence-corrected chi connectivity index (χ0v) is 13.4. The van der Waals surface area contributed by atoms with E-state index in [0.717, 1.165) is 0 Å². The Labute approximate surface area is 132 Å². The molecule has 0 unspecified atom stereocenters. The Balaban J connectivity index is 2.22. The van der Waals surface area contributed by atoms with Crippen LogP contribution in [0.5, 0.6) is 0 Å². The summed E-state index contributed by atoms with van der Waals surface area (Å²) < 4.78 is 5.36. The SMILES string of the molecule is COC(=O)c1sccc1NC(=O)c1ccc(Br)c(Cl)c1. The largest absolute Gasteiger partial charge is 0.465 e. The summed E-state index contributed by atoms with van der Waals surface area (Å²) in [7, 11) is 1.29. The van der Waals surface area contributed by atoms with Gasteiger partial charge in [-0.05, 0) is 45.6 Å². The molecule has 0 radical (unpaired) electrons. The Kier molecular flexibility index (Phi) is 4.80. The number of carbonyl (C=O) groups excluding carboxylic acids is 2. The van der Waals surface area contributed by atoms with Crippen molar-refractivity contribution >= 4 is 56.4 Å². The van der Waals surface area contributed by atoms with Gasteiger partial charge in [-0.25, -0.2) is 4.79 Å². The van der Waals surface area contributed by atoms with E-state index in [1.165, 1.54) is 18.4 Å². The summed E-state index contributed by atoms with van der Waals surface area (Å²) in [5, 5.41) is 4.81. The first-order valence-electron chi connectivity index (χ1n) is 5.45. The minimum absolute atomic E-state index is 0.344. The van der Waals surface area contributed by atoms with Gasteiger partial charge in [-0.15, -0.1) is 11.3 Å². The summed E-state index contributed by atoms with van der Waals surface area (Å²) in [5.41, 5.74) is 0.825. The van der Waals surface area contributed by atoms with Crippen LogP contribution in [0.1, 0.15) is 20.0 Å². The molecule has 104 valence electrons. The maximum Gasteiger partial charge on any atom is 0.350 e. The molecule has 1 heterocycles. The lowest BCUT2D eigenvalue weighted by Gasteiger charge is -2.06. The second-order valence-electron chi connectivity index (χ2n) is 3.74. The van der Waals surface area contributed by atoms with E-state index in [0.29, 0.717) is 25.6 Å². The topological polar surface area (TPSA) is 55.4 Å². The first-order valence-corrected chi connectivity index (χ1v) is 7.50. The second-order valence-corrected chi connectivity index (χ2v) is 5.92. The Morgan fingerprint density at radius 3 is 2.75 bits per heavy atom. The van der Waals surface area contributed by atoms with Gasteiger partial charge in [-0.1, -0.05) is 11.6 Å². The predicted molar refractivity (Wildman–Crippen MR) is 82.8 cm³/mol. The van der Waals surface area contributed by atoms with Gasteiger partial charge in [0.15, 0.2) is 0 Å². The maximum absolute atomic E-state index is 12.1. The van der Waals surface area contributed by atoms with Crippen molar-refractivity contribution in [3.63, 3.8) is 0 Å². The summed E-state index contributed by atoms with van der Waals surface area (Å²) in [5.74, 6) is -0.827. The van der Waals surface area contributed by atoms with Crippen LogP contribution in [0.2, 0.25) is 5.02 Å². The number of esters is 1. The fourth-order valence-corrected chi connectivity index (χ4v) is 2.68. The highest BCUT2D eigenvalue weighted by Crippen LogP contribution is 2.26. The monoisotopic (exact) mass is 373 g/mol. The maximum atomic E-state index is 12.1. The van der Waals surface area contributed by atoms with Crippen LogP contribution >= 0.6 is 38.9 Å². The van der Waals surface area contributed by atoms with Crippen molar-refractivity contribution in [3.8, 4) is 0 Å². The third-order valence-corrected chi connectivity index (χ3v) is 4.59. The molecular formula is C13H9BrClNO3S. The summed E-state index contributed by atoms with van der Waals surface area (Å²) in [6, 6.07) is 6.52. The van der Waals surface area contributed by atoms with Crippen LogP contribution in [0.25, 0.3) is 0 Å². The Morgan fingerprint density at radius 2 is 2.10 bits per heavy atom. The van der Waals surface area contributed by atoms with Crippen molar-refractivity contribution < 1.29 is 14.3 Å². The number of halogens is 2. The van der Waals surface area contributed by atoms with Gasteiger partial charge in [0.25, 0.3) is 5.91 Å². The van der Waals surface area contributed by atoms with Crippen LogP contribution in [0.4, 0.5) is 5.69 Å². The lowest BCUT2D eigenvalue weighted by atomic mass is 10.2. The molecule has 2 aromatic rings. The summed E-state index contributed by atoms with van der Waals surface area (Å²) >= 11 is 10.4. The third kappa shape index (κ3) is 3.20. The number of hydrogen-bond acceptors (Lipinski definition) is 4. The van der Waals surface area contributed by atoms with Crippen molar-refractivity contribution in [1.82, 2.24) is 0 Å². The fourth-order valence-electron chi connectivity index (χ4n) is 1.49. The molecule has 1 aromatic heterocycles. The average molecular weight is 375 g/mol. The molecule has 0 spiro atoms. The zero-order chi connectivity index (χ0) is 14.7. The van der Waals surface area contributed by atoms with Gasteiger partial charge in [-0.2, -0.15) is 0 Å². The molecule has 1 aromatic carbocycles. The molecule has 0 saturated carbocycles. The van der Waals surface area contributed by atoms with Crippen LogP contribution in [0, 0.1) is 0 Å². The van der Waals surface area contributed by atoms with Crippen LogP contribution in [0.3, 0.4) is 0 Å². The molecule has 1 amide bonds. The van der Waals surface area contributed by atoms with E-state index >= 15 is 0 Å². The highest BCUT2D eigenvalue weighted by molar-refractivity contribution is 9.10. The molecule has 0 atom stereocenters. The van der Waals surface area contributed by atoms with Crippen molar-refractivity contribution in [2.24, 2.45) is 0 Å². The lowest BCUT2D eigenvalue weighted by molar-refractivity contribution is 0.0607. The molecular weight excluding hydrogens is 366 g/mol. The number of benzene rings is 1. The highest BCUT2D eigenvalue weighted by atomic mass is 79.9. The molecule has 0 saturated heterocycles. The van der Waals surface area contributed by atoms with E-state index < -0.39 is 5.97 Å². The highest BCUT2D eigenvalue weighted by Gasteiger charge is 2.16. The molecule has 0 aliphatic heterocycles. The quantitative estimate of drug-likeness (QED) is 0.819. The van der Waals surface area contributed by atoms with E-state index in [1.54, 1.807) is 29.6 Å². The van der Waals surface area contributed by atoms with Crippen LogP contribution in [0.15, 0.2) is 34.1 Å². The minimum atomic E-state index is -0.482. The smallest absolute Gasteiger partial charge is 0.350 e. The number of methoxy groups -OCH3 is 1. The first-order chi connectivity index (χ1) is 9.52. The second kappa shape index (κ2) is 6.39. The van der Waals surface area contributed by atoms with E-state index in [2.05, 4.69) is 26.0 Å². The van der Waals surface area contributed by atoms with Crippen LogP contribution < -0.4 is 5.32 Å². The molecule has 0 fully saturated rings. The van der Waals surface area contributed by atoms with E-state index in [-0.39, 0.29) is 5.91 Å². The average Bonchev–Trinajstić information content (AvgIpc) is 2.89. The lowest BCUT2D eigenvalue weighted by Crippen LogP contribution is -2.13. The first kappa shape index (κ1) is 15.0. The number of hydrogen-bond donors (Lipinski definition) is 1. The number of nitrogens with one attached hydrogen (secondary N) is 1. The summed E-state index contributed by atoms with van der Waals surface area (Å²) in [6.07, 6.45) is 0. The predicted octanol–water partition coefficient (Wildman–Crippen LogP) is 4.20. The van der Waals surface area contributed by atoms with Gasteiger partial charge in [0.05, 0.1) is 17.8 Å². The normalized spacial score (nSPS) is 10.2. The van der Waals surface area contributed by atoms with Crippen molar-refractivity contribution in [2.75, 3.05) is 12.4 Å². The molecule has 1 N–H and O–H groups in total. The Hall–Kier alpha value is -1.37. The van der Waals surface area contributed by atoms with Gasteiger partial charge < -0.3 is 10.1 Å². The molecule has 2 rings (SSSR count). The Bertz CT molecular complexity index is 671. The van der Waals surface area contributed by atoms with Gasteiger partial charge in [0.2, 0.25) is 0 Å². The number of amides is 1. The van der Waals surface area contributed by atoms with Gasteiger partial charge in [0.1, 0.15) is 4.88 Å². The molecule has 7 heteroatoms. The van der Waals surface area contributed by atoms with Gasteiger partial charge in [0, 0.05) is 10.0 Å². The molecule has 0 aliphatic carbocycles. The molecule has 4 nitrogen and oxygen atoms in total. The Morgan fingerprint density at radius 1 is 1.35 bits per heavy atom. The standard InChI is InChI=1S/C13H9BrClNO3S/c1-19-13(18)11-10(4-5-20-11)16-12(17)7-2-3-8(14)9(15)6-7/h2-6H,1H3,(H,16,17). The number of rotatable bonds is 3. The van der Waals surface area contributed by atoms with E-state index in [1.807, 2.05) is 0 Å². The number of anilines is 1. The third-order valence-electron chi connectivity index (χ3n) is 2.47. The summed E-state index contributed by atoms with van der Waals surface area (Å²) in [4.78, 5) is 24.0. The van der Waals surface area contributed by atoms with E-state index in [9.17, 15) is 9.59 Å². The number of thiophene rings is 1. The molecule has 0 bridgehead atoms. The van der Waals surface area contributed by atoms with Gasteiger partial charge >= 0.3 is 5.97 Å². The van der Waals surface area contributed by atoms with Gasteiger partial charge in [-0.3, -0.25) is 4.79 Å². The van der Waals surface area contributed by atoms with Crippen LogP contribution in [-0.4, -0.2) is 19.0 Å². The number of carbonyl (C=O) groups is 2. The molecule has 0 aliphatic rings. The molecule has 20 heavy (non-hydrogen) atoms. The minimum Gasteiger partial charge on any atom is -0.465 e. The fraction of sp³-hybridized carbons (Fsp3) is 0.0769. The van der Waals surface area contributed by atoms with Crippen molar-refractivity contribution in [3.05, 3.63) is 49.6 Å². The van der Waals surface area contributed by atoms with Crippen molar-refractivity contribution in [1.29, 1.82) is 0 Å².